The molecule has 2 aromatic rings. The lowest BCUT2D eigenvalue weighted by atomic mass is 10.1. The topological polar surface area (TPSA) is 94.9 Å². The molecule has 170 valence electrons. The molecule has 0 spiro atoms. The summed E-state index contributed by atoms with van der Waals surface area (Å²) in [6.45, 7) is 2.75. The second-order valence-electron chi connectivity index (χ2n) is 8.12. The molecule has 2 N–H and O–H groups in total. The zero-order valence-corrected chi connectivity index (χ0v) is 19.0. The summed E-state index contributed by atoms with van der Waals surface area (Å²) in [5, 5.41) is 15.1. The van der Waals surface area contributed by atoms with Gasteiger partial charge in [-0.25, -0.2) is 4.39 Å². The standard InChI is InChI=1S/C22H26FN4O4P/c1-13-5-6-14(16(23)10-13)11-24-21(30)15-12-27-18(20(29)19(15)28)22(31)25(8-9-32)17-4-2-3-7-26(17)27/h5-6,10,12,17,29H,2-4,7-9,11,32H2,1H3,(H,24,30)/t17-/m0/s1. The Morgan fingerprint density at radius 3 is 2.81 bits per heavy atom. The summed E-state index contributed by atoms with van der Waals surface area (Å²) < 4.78 is 15.5. The van der Waals surface area contributed by atoms with Gasteiger partial charge < -0.3 is 15.3 Å². The Hall–Kier alpha value is -2.93. The number of hydrogen-bond acceptors (Lipinski definition) is 5. The number of fused-ring (bicyclic) bond motifs is 3. The molecule has 32 heavy (non-hydrogen) atoms. The van der Waals surface area contributed by atoms with Crippen LogP contribution in [-0.4, -0.2) is 51.9 Å². The highest BCUT2D eigenvalue weighted by Crippen LogP contribution is 2.29. The normalized spacial score (nSPS) is 17.7. The lowest BCUT2D eigenvalue weighted by Gasteiger charge is -2.48. The van der Waals surface area contributed by atoms with Gasteiger partial charge in [0.25, 0.3) is 11.8 Å². The molecule has 0 radical (unpaired) electrons. The molecule has 8 nitrogen and oxygen atoms in total. The molecule has 0 bridgehead atoms. The van der Waals surface area contributed by atoms with Gasteiger partial charge in [0.15, 0.2) is 11.4 Å². The quantitative estimate of drug-likeness (QED) is 0.663. The summed E-state index contributed by atoms with van der Waals surface area (Å²) in [5.41, 5.74) is -0.312. The zero-order chi connectivity index (χ0) is 23.0. The highest BCUT2D eigenvalue weighted by molar-refractivity contribution is 7.16. The third-order valence-electron chi connectivity index (χ3n) is 5.97. The van der Waals surface area contributed by atoms with Crippen LogP contribution in [0, 0.1) is 12.7 Å². The van der Waals surface area contributed by atoms with Crippen LogP contribution in [0.2, 0.25) is 0 Å². The Labute approximate surface area is 187 Å². The van der Waals surface area contributed by atoms with Crippen LogP contribution in [0.1, 0.15) is 51.2 Å². The van der Waals surface area contributed by atoms with Crippen molar-refractivity contribution in [3.63, 3.8) is 0 Å². The first kappa shape index (κ1) is 22.3. The van der Waals surface area contributed by atoms with Crippen molar-refractivity contribution in [2.45, 2.75) is 38.9 Å². The van der Waals surface area contributed by atoms with Crippen molar-refractivity contribution in [1.29, 1.82) is 0 Å². The lowest BCUT2D eigenvalue weighted by molar-refractivity contribution is 0.0537. The van der Waals surface area contributed by atoms with Gasteiger partial charge in [0.05, 0.1) is 0 Å². The Morgan fingerprint density at radius 1 is 1.31 bits per heavy atom. The summed E-state index contributed by atoms with van der Waals surface area (Å²) in [4.78, 5) is 40.4. The molecule has 1 aromatic carbocycles. The number of hydrogen-bond donors (Lipinski definition) is 2. The molecule has 1 unspecified atom stereocenters. The van der Waals surface area contributed by atoms with Crippen molar-refractivity contribution in [2.24, 2.45) is 0 Å². The third kappa shape index (κ3) is 3.86. The number of rotatable bonds is 5. The average molecular weight is 460 g/mol. The maximum atomic E-state index is 14.1. The molecule has 0 saturated carbocycles. The SMILES string of the molecule is Cc1ccc(CNC(=O)c2cn3c(c(O)c2=O)C(=O)N(CCP)[C@@H]2CCCCN23)c(F)c1. The van der Waals surface area contributed by atoms with Crippen LogP contribution in [0.3, 0.4) is 0 Å². The number of pyridine rings is 1. The first-order valence-corrected chi connectivity index (χ1v) is 11.4. The number of nitrogens with one attached hydrogen (secondary N) is 1. The molecule has 2 aliphatic heterocycles. The average Bonchev–Trinajstić information content (AvgIpc) is 2.77. The van der Waals surface area contributed by atoms with Crippen LogP contribution in [0.25, 0.3) is 0 Å². The first-order valence-electron chi connectivity index (χ1n) is 10.6. The fourth-order valence-corrected chi connectivity index (χ4v) is 4.63. The number of carbonyl (C=O) groups is 2. The minimum absolute atomic E-state index is 0.111. The van der Waals surface area contributed by atoms with Crippen molar-refractivity contribution in [2.75, 3.05) is 24.3 Å². The predicted molar refractivity (Wildman–Crippen MR) is 121 cm³/mol. The second-order valence-corrected chi connectivity index (χ2v) is 8.70. The molecule has 2 atom stereocenters. The Bertz CT molecular complexity index is 1140. The Balaban J connectivity index is 1.68. The molecule has 0 aliphatic carbocycles. The minimum atomic E-state index is -0.923. The van der Waals surface area contributed by atoms with Gasteiger partial charge >= 0.3 is 0 Å². The van der Waals surface area contributed by atoms with Gasteiger partial charge in [-0.05, 0) is 44.0 Å². The number of piperidine rings is 1. The highest BCUT2D eigenvalue weighted by atomic mass is 31.0. The maximum absolute atomic E-state index is 14.1. The summed E-state index contributed by atoms with van der Waals surface area (Å²) in [7, 11) is 2.58. The van der Waals surface area contributed by atoms with E-state index in [1.807, 2.05) is 5.01 Å². The molecule has 3 heterocycles. The number of amides is 2. The molecule has 4 rings (SSSR count). The van der Waals surface area contributed by atoms with Gasteiger partial charge in [-0.15, -0.1) is 9.24 Å². The maximum Gasteiger partial charge on any atom is 0.278 e. The molecule has 1 saturated heterocycles. The number of nitrogens with zero attached hydrogens (tertiary/aromatic N) is 3. The summed E-state index contributed by atoms with van der Waals surface area (Å²) >= 11 is 0. The van der Waals surface area contributed by atoms with Crippen LogP contribution < -0.4 is 15.8 Å². The second kappa shape index (κ2) is 8.90. The van der Waals surface area contributed by atoms with Gasteiger partial charge in [0, 0.05) is 31.4 Å². The van der Waals surface area contributed by atoms with E-state index < -0.39 is 28.8 Å². The fourth-order valence-electron chi connectivity index (χ4n) is 4.35. The molecule has 2 aliphatic rings. The zero-order valence-electron chi connectivity index (χ0n) is 17.8. The van der Waals surface area contributed by atoms with Crippen LogP contribution in [-0.2, 0) is 6.54 Å². The van der Waals surface area contributed by atoms with Crippen molar-refractivity contribution in [3.05, 3.63) is 62.8 Å². The lowest BCUT2D eigenvalue weighted by Crippen LogP contribution is -2.63. The van der Waals surface area contributed by atoms with E-state index >= 15 is 0 Å². The predicted octanol–water partition coefficient (Wildman–Crippen LogP) is 1.71. The number of aromatic nitrogens is 1. The van der Waals surface area contributed by atoms with Crippen LogP contribution in [0.4, 0.5) is 4.39 Å². The molecule has 10 heteroatoms. The van der Waals surface area contributed by atoms with Crippen LogP contribution in [0.5, 0.6) is 5.75 Å². The van der Waals surface area contributed by atoms with Crippen LogP contribution >= 0.6 is 9.24 Å². The number of benzene rings is 1. The van der Waals surface area contributed by atoms with Crippen molar-refractivity contribution in [3.8, 4) is 5.75 Å². The van der Waals surface area contributed by atoms with Crippen LogP contribution in [0.15, 0.2) is 29.2 Å². The first-order chi connectivity index (χ1) is 15.3. The van der Waals surface area contributed by atoms with E-state index in [-0.39, 0.29) is 29.5 Å². The Morgan fingerprint density at radius 2 is 2.09 bits per heavy atom. The molecule has 2 amide bonds. The smallest absolute Gasteiger partial charge is 0.278 e. The van der Waals surface area contributed by atoms with E-state index in [9.17, 15) is 23.9 Å². The number of halogens is 1. The fraction of sp³-hybridized carbons (Fsp3) is 0.409. The summed E-state index contributed by atoms with van der Waals surface area (Å²) in [6, 6.07) is 4.66. The van der Waals surface area contributed by atoms with Gasteiger partial charge in [-0.1, -0.05) is 12.1 Å². The molecule has 1 aromatic heterocycles. The van der Waals surface area contributed by atoms with Gasteiger partial charge in [0.1, 0.15) is 17.5 Å². The van der Waals surface area contributed by atoms with E-state index in [2.05, 4.69) is 14.6 Å². The van der Waals surface area contributed by atoms with E-state index in [0.717, 1.165) is 24.8 Å². The van der Waals surface area contributed by atoms with Crippen molar-refractivity contribution < 1.29 is 19.1 Å². The number of aryl methyl sites for hydroxylation is 1. The van der Waals surface area contributed by atoms with E-state index in [0.29, 0.717) is 19.3 Å². The van der Waals surface area contributed by atoms with Crippen molar-refractivity contribution in [1.82, 2.24) is 14.9 Å². The minimum Gasteiger partial charge on any atom is -0.502 e. The van der Waals surface area contributed by atoms with E-state index in [4.69, 9.17) is 0 Å². The largest absolute Gasteiger partial charge is 0.502 e. The van der Waals surface area contributed by atoms with E-state index in [1.165, 1.54) is 16.9 Å². The van der Waals surface area contributed by atoms with Gasteiger partial charge in [-0.3, -0.25) is 24.1 Å². The summed E-state index contributed by atoms with van der Waals surface area (Å²) in [6.07, 6.45) is 4.38. The van der Waals surface area contributed by atoms with E-state index in [1.54, 1.807) is 24.0 Å². The number of aromatic hydroxyl groups is 1. The Kier molecular flexibility index (Phi) is 6.20. The van der Waals surface area contributed by atoms with Gasteiger partial charge in [0.2, 0.25) is 5.43 Å². The van der Waals surface area contributed by atoms with Gasteiger partial charge in [-0.2, -0.15) is 0 Å². The monoisotopic (exact) mass is 460 g/mol. The summed E-state index contributed by atoms with van der Waals surface area (Å²) in [5.74, 6) is -2.37. The molecular weight excluding hydrogens is 434 g/mol. The van der Waals surface area contributed by atoms with Crippen molar-refractivity contribution >= 4 is 21.1 Å². The molecule has 1 fully saturated rings. The third-order valence-corrected chi connectivity index (χ3v) is 6.23. The highest BCUT2D eigenvalue weighted by Gasteiger charge is 2.41. The number of carbonyl (C=O) groups excluding carboxylic acids is 2. The molecular formula is C22H26FN4O4P.